The average molecular weight is 410 g/mol. The smallest absolute Gasteiger partial charge is 0.237 e. The van der Waals surface area contributed by atoms with Crippen LogP contribution in [-0.4, -0.2) is 25.0 Å². The van der Waals surface area contributed by atoms with Gasteiger partial charge in [-0.15, -0.1) is 24.8 Å². The van der Waals surface area contributed by atoms with Crippen molar-refractivity contribution in [2.45, 2.75) is 38.3 Å². The minimum Gasteiger partial charge on any atom is -0.372 e. The van der Waals surface area contributed by atoms with Gasteiger partial charge in [0, 0.05) is 18.8 Å². The SMILES string of the molecule is CC(NC(=O)C(N)Cc1ccccc1)c1cccc(N2CCCC2)c1.Cl.Cl. The van der Waals surface area contributed by atoms with Crippen LogP contribution in [0.2, 0.25) is 0 Å². The van der Waals surface area contributed by atoms with Gasteiger partial charge in [-0.1, -0.05) is 42.5 Å². The number of benzene rings is 2. The molecule has 0 bridgehead atoms. The van der Waals surface area contributed by atoms with Crippen LogP contribution in [0.4, 0.5) is 5.69 Å². The Morgan fingerprint density at radius 1 is 1.07 bits per heavy atom. The molecule has 0 saturated carbocycles. The minimum absolute atomic E-state index is 0. The van der Waals surface area contributed by atoms with Crippen molar-refractivity contribution in [2.75, 3.05) is 18.0 Å². The van der Waals surface area contributed by atoms with Gasteiger partial charge in [-0.05, 0) is 49.4 Å². The minimum atomic E-state index is -0.536. The first-order valence-electron chi connectivity index (χ1n) is 9.08. The predicted octanol–water partition coefficient (Wildman–Crippen LogP) is 3.88. The fourth-order valence-electron chi connectivity index (χ4n) is 3.33. The van der Waals surface area contributed by atoms with Gasteiger partial charge in [0.05, 0.1) is 12.1 Å². The quantitative estimate of drug-likeness (QED) is 0.760. The maximum Gasteiger partial charge on any atom is 0.237 e. The Kier molecular flexibility index (Phi) is 9.64. The van der Waals surface area contributed by atoms with Crippen molar-refractivity contribution in [3.63, 3.8) is 0 Å². The lowest BCUT2D eigenvalue weighted by Gasteiger charge is -2.22. The Balaban J connectivity index is 0.00000182. The number of nitrogens with one attached hydrogen (secondary N) is 1. The van der Waals surface area contributed by atoms with Crippen LogP contribution in [0.15, 0.2) is 54.6 Å². The van der Waals surface area contributed by atoms with Crippen molar-refractivity contribution in [3.05, 3.63) is 65.7 Å². The Morgan fingerprint density at radius 2 is 1.74 bits per heavy atom. The van der Waals surface area contributed by atoms with Gasteiger partial charge in [-0.2, -0.15) is 0 Å². The molecule has 2 unspecified atom stereocenters. The summed E-state index contributed by atoms with van der Waals surface area (Å²) in [6, 6.07) is 17.7. The van der Waals surface area contributed by atoms with Gasteiger partial charge in [0.2, 0.25) is 5.91 Å². The summed E-state index contributed by atoms with van der Waals surface area (Å²) < 4.78 is 0. The van der Waals surface area contributed by atoms with E-state index in [0.29, 0.717) is 6.42 Å². The molecule has 148 valence electrons. The molecule has 0 aromatic heterocycles. The number of nitrogens with two attached hydrogens (primary N) is 1. The summed E-state index contributed by atoms with van der Waals surface area (Å²) in [4.78, 5) is 14.8. The summed E-state index contributed by atoms with van der Waals surface area (Å²) in [6.07, 6.45) is 3.06. The zero-order valence-corrected chi connectivity index (χ0v) is 17.3. The standard InChI is InChI=1S/C21H27N3O.2ClH/c1-16(18-10-7-11-19(15-18)24-12-5-6-13-24)23-21(25)20(22)14-17-8-3-2-4-9-17;;/h2-4,7-11,15-16,20H,5-6,12-14,22H2,1H3,(H,23,25);2*1H. The van der Waals surface area contributed by atoms with Crippen molar-refractivity contribution in [3.8, 4) is 0 Å². The van der Waals surface area contributed by atoms with Gasteiger partial charge >= 0.3 is 0 Å². The van der Waals surface area contributed by atoms with Gasteiger partial charge in [-0.25, -0.2) is 0 Å². The van der Waals surface area contributed by atoms with Gasteiger partial charge in [-0.3, -0.25) is 4.79 Å². The molecule has 1 fully saturated rings. The van der Waals surface area contributed by atoms with Crippen molar-refractivity contribution >= 4 is 36.4 Å². The summed E-state index contributed by atoms with van der Waals surface area (Å²) in [5.41, 5.74) is 9.52. The number of halogens is 2. The number of hydrogen-bond donors (Lipinski definition) is 2. The fourth-order valence-corrected chi connectivity index (χ4v) is 3.33. The number of amides is 1. The number of carbonyl (C=O) groups is 1. The van der Waals surface area contributed by atoms with Crippen molar-refractivity contribution in [2.24, 2.45) is 5.73 Å². The Bertz CT molecular complexity index is 706. The molecular formula is C21H29Cl2N3O. The van der Waals surface area contributed by atoms with Crippen LogP contribution in [-0.2, 0) is 11.2 Å². The molecule has 1 heterocycles. The average Bonchev–Trinajstić information content (AvgIpc) is 3.17. The number of rotatable bonds is 6. The number of carbonyl (C=O) groups excluding carboxylic acids is 1. The van der Waals surface area contributed by atoms with Crippen LogP contribution in [0.5, 0.6) is 0 Å². The third-order valence-corrected chi connectivity index (χ3v) is 4.84. The molecule has 2 atom stereocenters. The zero-order chi connectivity index (χ0) is 17.6. The maximum absolute atomic E-state index is 12.4. The number of anilines is 1. The molecule has 3 rings (SSSR count). The van der Waals surface area contributed by atoms with Crippen LogP contribution < -0.4 is 16.0 Å². The van der Waals surface area contributed by atoms with E-state index in [1.807, 2.05) is 37.3 Å². The fraction of sp³-hybridized carbons (Fsp3) is 0.381. The Hall–Kier alpha value is -1.75. The number of hydrogen-bond acceptors (Lipinski definition) is 3. The molecular weight excluding hydrogens is 381 g/mol. The van der Waals surface area contributed by atoms with Gasteiger partial charge < -0.3 is 16.0 Å². The van der Waals surface area contributed by atoms with Crippen LogP contribution in [0.25, 0.3) is 0 Å². The molecule has 0 radical (unpaired) electrons. The molecule has 27 heavy (non-hydrogen) atoms. The van der Waals surface area contributed by atoms with Crippen LogP contribution in [0.1, 0.15) is 36.9 Å². The molecule has 1 aliphatic rings. The molecule has 3 N–H and O–H groups in total. The molecule has 2 aromatic carbocycles. The zero-order valence-electron chi connectivity index (χ0n) is 15.6. The van der Waals surface area contributed by atoms with E-state index < -0.39 is 6.04 Å². The van der Waals surface area contributed by atoms with Crippen LogP contribution in [0, 0.1) is 0 Å². The highest BCUT2D eigenvalue weighted by Crippen LogP contribution is 2.24. The third kappa shape index (κ3) is 6.42. The highest BCUT2D eigenvalue weighted by atomic mass is 35.5. The van der Waals surface area contributed by atoms with E-state index in [0.717, 1.165) is 24.2 Å². The van der Waals surface area contributed by atoms with E-state index in [9.17, 15) is 4.79 Å². The first kappa shape index (κ1) is 23.3. The summed E-state index contributed by atoms with van der Waals surface area (Å²) in [5.74, 6) is -0.108. The molecule has 0 aliphatic carbocycles. The second-order valence-electron chi connectivity index (χ2n) is 6.82. The lowest BCUT2D eigenvalue weighted by Crippen LogP contribution is -2.43. The molecule has 4 nitrogen and oxygen atoms in total. The Labute approximate surface area is 174 Å². The molecule has 1 aliphatic heterocycles. The predicted molar refractivity (Wildman–Crippen MR) is 117 cm³/mol. The molecule has 0 spiro atoms. The first-order valence-corrected chi connectivity index (χ1v) is 9.08. The molecule has 6 heteroatoms. The van der Waals surface area contributed by atoms with E-state index in [1.165, 1.54) is 18.5 Å². The van der Waals surface area contributed by atoms with E-state index >= 15 is 0 Å². The highest BCUT2D eigenvalue weighted by Gasteiger charge is 2.18. The van der Waals surface area contributed by atoms with Crippen LogP contribution in [0.3, 0.4) is 0 Å². The van der Waals surface area contributed by atoms with Gasteiger partial charge in [0.1, 0.15) is 0 Å². The highest BCUT2D eigenvalue weighted by molar-refractivity contribution is 5.85. The summed E-state index contributed by atoms with van der Waals surface area (Å²) in [5, 5.41) is 3.05. The monoisotopic (exact) mass is 409 g/mol. The van der Waals surface area contributed by atoms with Crippen molar-refractivity contribution in [1.29, 1.82) is 0 Å². The molecule has 1 saturated heterocycles. The number of nitrogens with zero attached hydrogens (tertiary/aromatic N) is 1. The summed E-state index contributed by atoms with van der Waals surface area (Å²) >= 11 is 0. The van der Waals surface area contributed by atoms with Gasteiger partial charge in [0.25, 0.3) is 0 Å². The normalized spacial score (nSPS) is 15.3. The van der Waals surface area contributed by atoms with Crippen molar-refractivity contribution < 1.29 is 4.79 Å². The lowest BCUT2D eigenvalue weighted by atomic mass is 10.0. The van der Waals surface area contributed by atoms with E-state index in [-0.39, 0.29) is 36.8 Å². The van der Waals surface area contributed by atoms with Crippen molar-refractivity contribution in [1.82, 2.24) is 5.32 Å². The largest absolute Gasteiger partial charge is 0.372 e. The topological polar surface area (TPSA) is 58.4 Å². The lowest BCUT2D eigenvalue weighted by molar-refractivity contribution is -0.123. The summed E-state index contributed by atoms with van der Waals surface area (Å²) in [6.45, 7) is 4.24. The second-order valence-corrected chi connectivity index (χ2v) is 6.82. The van der Waals surface area contributed by atoms with E-state index in [1.54, 1.807) is 0 Å². The van der Waals surface area contributed by atoms with Crippen LogP contribution >= 0.6 is 24.8 Å². The third-order valence-electron chi connectivity index (χ3n) is 4.84. The molecule has 2 aromatic rings. The van der Waals surface area contributed by atoms with E-state index in [2.05, 4.69) is 34.5 Å². The van der Waals surface area contributed by atoms with E-state index in [4.69, 9.17) is 5.73 Å². The second kappa shape index (κ2) is 11.2. The summed E-state index contributed by atoms with van der Waals surface area (Å²) in [7, 11) is 0. The first-order chi connectivity index (χ1) is 12.1. The maximum atomic E-state index is 12.4. The van der Waals surface area contributed by atoms with Gasteiger partial charge in [0.15, 0.2) is 0 Å². The Morgan fingerprint density at radius 3 is 2.41 bits per heavy atom. The molecule has 1 amide bonds.